The molecule has 1 aliphatic heterocycles. The second kappa shape index (κ2) is 7.54. The highest BCUT2D eigenvalue weighted by molar-refractivity contribution is 5.94. The second-order valence-corrected chi connectivity index (χ2v) is 7.00. The Kier molecular flexibility index (Phi) is 5.39. The molecule has 136 valence electrons. The summed E-state index contributed by atoms with van der Waals surface area (Å²) in [5.74, 6) is -0.135. The number of hydrogen-bond acceptors (Lipinski definition) is 4. The zero-order valence-electron chi connectivity index (χ0n) is 14.6. The summed E-state index contributed by atoms with van der Waals surface area (Å²) >= 11 is 0. The third-order valence-electron chi connectivity index (χ3n) is 5.63. The highest BCUT2D eigenvalue weighted by atomic mass is 16.5. The van der Waals surface area contributed by atoms with Crippen molar-refractivity contribution in [3.8, 4) is 0 Å². The summed E-state index contributed by atoms with van der Waals surface area (Å²) in [6, 6.07) is 7.37. The van der Waals surface area contributed by atoms with Gasteiger partial charge in [0.2, 0.25) is 5.91 Å². The van der Waals surface area contributed by atoms with Crippen LogP contribution in [0, 0.1) is 5.41 Å². The SMILES string of the molecule is CNC(=O)c1cccc(CCC(=O)N[C@@H]2C[C@@H](O)C23CCOCC3)c1. The summed E-state index contributed by atoms with van der Waals surface area (Å²) < 4.78 is 5.39. The Balaban J connectivity index is 1.52. The van der Waals surface area contributed by atoms with Gasteiger partial charge in [0.1, 0.15) is 0 Å². The second-order valence-electron chi connectivity index (χ2n) is 7.00. The van der Waals surface area contributed by atoms with Gasteiger partial charge in [0, 0.05) is 43.7 Å². The monoisotopic (exact) mass is 346 g/mol. The Morgan fingerprint density at radius 3 is 2.76 bits per heavy atom. The summed E-state index contributed by atoms with van der Waals surface area (Å²) in [5, 5.41) is 15.9. The van der Waals surface area contributed by atoms with Gasteiger partial charge in [-0.3, -0.25) is 9.59 Å². The molecule has 0 unspecified atom stereocenters. The summed E-state index contributed by atoms with van der Waals surface area (Å²) in [5.41, 5.74) is 1.36. The van der Waals surface area contributed by atoms with Gasteiger partial charge < -0.3 is 20.5 Å². The molecular weight excluding hydrogens is 320 g/mol. The fourth-order valence-electron chi connectivity index (χ4n) is 3.94. The normalized spacial score (nSPS) is 24.4. The molecule has 1 heterocycles. The molecule has 1 saturated carbocycles. The van der Waals surface area contributed by atoms with Crippen LogP contribution in [0.25, 0.3) is 0 Å². The highest BCUT2D eigenvalue weighted by Gasteiger charge is 2.55. The third-order valence-corrected chi connectivity index (χ3v) is 5.63. The topological polar surface area (TPSA) is 87.7 Å². The number of hydrogen-bond donors (Lipinski definition) is 3. The van der Waals surface area contributed by atoms with E-state index in [0.29, 0.717) is 38.0 Å². The van der Waals surface area contributed by atoms with Gasteiger partial charge >= 0.3 is 0 Å². The minimum absolute atomic E-state index is 0.00638. The minimum atomic E-state index is -0.342. The van der Waals surface area contributed by atoms with Crippen LogP contribution < -0.4 is 10.6 Å². The summed E-state index contributed by atoms with van der Waals surface area (Å²) in [7, 11) is 1.60. The van der Waals surface area contributed by atoms with Crippen LogP contribution in [-0.2, 0) is 16.0 Å². The number of nitrogens with one attached hydrogen (secondary N) is 2. The molecule has 3 N–H and O–H groups in total. The molecule has 25 heavy (non-hydrogen) atoms. The average Bonchev–Trinajstić information content (AvgIpc) is 2.66. The van der Waals surface area contributed by atoms with Crippen molar-refractivity contribution in [2.75, 3.05) is 20.3 Å². The number of carbonyl (C=O) groups is 2. The number of aliphatic hydroxyl groups is 1. The maximum absolute atomic E-state index is 12.3. The third kappa shape index (κ3) is 3.70. The summed E-state index contributed by atoms with van der Waals surface area (Å²) in [6.07, 6.45) is 2.84. The van der Waals surface area contributed by atoms with E-state index in [1.54, 1.807) is 13.1 Å². The molecule has 1 saturated heterocycles. The van der Waals surface area contributed by atoms with Gasteiger partial charge in [-0.2, -0.15) is 0 Å². The smallest absolute Gasteiger partial charge is 0.251 e. The average molecular weight is 346 g/mol. The van der Waals surface area contributed by atoms with Crippen molar-refractivity contribution >= 4 is 11.8 Å². The van der Waals surface area contributed by atoms with Crippen molar-refractivity contribution in [3.05, 3.63) is 35.4 Å². The van der Waals surface area contributed by atoms with Crippen LogP contribution in [0.15, 0.2) is 24.3 Å². The molecule has 0 radical (unpaired) electrons. The highest BCUT2D eigenvalue weighted by Crippen LogP contribution is 2.48. The minimum Gasteiger partial charge on any atom is -0.392 e. The first-order valence-electron chi connectivity index (χ1n) is 8.91. The molecule has 1 aromatic carbocycles. The van der Waals surface area contributed by atoms with Crippen LogP contribution in [0.2, 0.25) is 0 Å². The van der Waals surface area contributed by atoms with Crippen molar-refractivity contribution in [1.29, 1.82) is 0 Å². The zero-order valence-corrected chi connectivity index (χ0v) is 14.6. The first-order chi connectivity index (χ1) is 12.0. The van der Waals surface area contributed by atoms with Crippen molar-refractivity contribution in [2.45, 2.75) is 44.2 Å². The molecule has 1 aromatic rings. The number of carbonyl (C=O) groups excluding carboxylic acids is 2. The van der Waals surface area contributed by atoms with E-state index in [1.807, 2.05) is 18.2 Å². The van der Waals surface area contributed by atoms with E-state index in [9.17, 15) is 14.7 Å². The number of aliphatic hydroxyl groups excluding tert-OH is 1. The molecule has 1 aliphatic carbocycles. The molecular formula is C19H26N2O4. The molecule has 1 spiro atoms. The predicted octanol–water partition coefficient (Wildman–Crippen LogP) is 1.02. The van der Waals surface area contributed by atoms with E-state index >= 15 is 0 Å². The van der Waals surface area contributed by atoms with Gasteiger partial charge in [0.05, 0.1) is 6.10 Å². The Morgan fingerprint density at radius 2 is 2.08 bits per heavy atom. The predicted molar refractivity (Wildman–Crippen MR) is 93.2 cm³/mol. The van der Waals surface area contributed by atoms with Gasteiger partial charge in [0.15, 0.2) is 0 Å². The Morgan fingerprint density at radius 1 is 1.32 bits per heavy atom. The molecule has 2 fully saturated rings. The van der Waals surface area contributed by atoms with Gasteiger partial charge in [-0.1, -0.05) is 12.1 Å². The van der Waals surface area contributed by atoms with Crippen LogP contribution in [0.3, 0.4) is 0 Å². The molecule has 2 atom stereocenters. The number of benzene rings is 1. The van der Waals surface area contributed by atoms with E-state index in [2.05, 4.69) is 10.6 Å². The van der Waals surface area contributed by atoms with Crippen molar-refractivity contribution in [1.82, 2.24) is 10.6 Å². The lowest BCUT2D eigenvalue weighted by molar-refractivity contribution is -0.156. The molecule has 3 rings (SSSR count). The molecule has 6 heteroatoms. The lowest BCUT2D eigenvalue weighted by Gasteiger charge is -2.55. The molecule has 0 bridgehead atoms. The number of aryl methyl sites for hydroxylation is 1. The van der Waals surface area contributed by atoms with Crippen molar-refractivity contribution in [2.24, 2.45) is 5.41 Å². The van der Waals surface area contributed by atoms with Gasteiger partial charge in [-0.15, -0.1) is 0 Å². The number of rotatable bonds is 5. The summed E-state index contributed by atoms with van der Waals surface area (Å²) in [6.45, 7) is 1.30. The van der Waals surface area contributed by atoms with Gasteiger partial charge in [-0.25, -0.2) is 0 Å². The number of ether oxygens (including phenoxy) is 1. The van der Waals surface area contributed by atoms with Gasteiger partial charge in [0.25, 0.3) is 5.91 Å². The van der Waals surface area contributed by atoms with E-state index in [1.165, 1.54) is 0 Å². The molecule has 0 aromatic heterocycles. The van der Waals surface area contributed by atoms with Crippen molar-refractivity contribution < 1.29 is 19.4 Å². The Bertz CT molecular complexity index is 640. The molecule has 2 aliphatic rings. The molecule has 6 nitrogen and oxygen atoms in total. The summed E-state index contributed by atoms with van der Waals surface area (Å²) in [4.78, 5) is 24.0. The lowest BCUT2D eigenvalue weighted by Crippen LogP contribution is -2.65. The fraction of sp³-hybridized carbons (Fsp3) is 0.579. The maximum Gasteiger partial charge on any atom is 0.251 e. The lowest BCUT2D eigenvalue weighted by atomic mass is 9.58. The zero-order chi connectivity index (χ0) is 17.9. The van der Waals surface area contributed by atoms with Crippen LogP contribution in [0.5, 0.6) is 0 Å². The first-order valence-corrected chi connectivity index (χ1v) is 8.91. The van der Waals surface area contributed by atoms with Crippen LogP contribution >= 0.6 is 0 Å². The van der Waals surface area contributed by atoms with Crippen molar-refractivity contribution in [3.63, 3.8) is 0 Å². The first kappa shape index (κ1) is 17.9. The fourth-order valence-corrected chi connectivity index (χ4v) is 3.94. The van der Waals surface area contributed by atoms with E-state index in [-0.39, 0.29) is 29.4 Å². The largest absolute Gasteiger partial charge is 0.392 e. The van der Waals surface area contributed by atoms with E-state index in [4.69, 9.17) is 4.74 Å². The standard InChI is InChI=1S/C19H26N2O4/c1-20-18(24)14-4-2-3-13(11-14)5-6-17(23)21-15-12-16(22)19(15)7-9-25-10-8-19/h2-4,11,15-16,22H,5-10,12H2,1H3,(H,20,24)(H,21,23)/t15-,16-/m1/s1. The Labute approximate surface area is 147 Å². The maximum atomic E-state index is 12.3. The number of amides is 2. The molecule has 2 amide bonds. The van der Waals surface area contributed by atoms with Crippen LogP contribution in [-0.4, -0.2) is 49.3 Å². The Hall–Kier alpha value is -1.92. The van der Waals surface area contributed by atoms with Crippen LogP contribution in [0.1, 0.15) is 41.6 Å². The van der Waals surface area contributed by atoms with E-state index in [0.717, 1.165) is 18.4 Å². The van der Waals surface area contributed by atoms with Gasteiger partial charge in [-0.05, 0) is 43.4 Å². The quantitative estimate of drug-likeness (QED) is 0.743. The van der Waals surface area contributed by atoms with Crippen LogP contribution in [0.4, 0.5) is 0 Å². The van der Waals surface area contributed by atoms with E-state index < -0.39 is 0 Å².